The largest absolute Gasteiger partial charge is 0.454 e. The summed E-state index contributed by atoms with van der Waals surface area (Å²) in [6, 6.07) is 24.7. The minimum absolute atomic E-state index is 0.127. The van der Waals surface area contributed by atoms with Gasteiger partial charge in [0.15, 0.2) is 11.5 Å². The molecular weight excluding hydrogens is 438 g/mol. The molecule has 2 aliphatic heterocycles. The van der Waals surface area contributed by atoms with Gasteiger partial charge in [-0.3, -0.25) is 9.69 Å². The van der Waals surface area contributed by atoms with Crippen LogP contribution in [0.2, 0.25) is 0 Å². The van der Waals surface area contributed by atoms with E-state index in [0.29, 0.717) is 6.42 Å². The summed E-state index contributed by atoms with van der Waals surface area (Å²) in [6.45, 7) is 4.41. The predicted octanol–water partition coefficient (Wildman–Crippen LogP) is 4.76. The van der Waals surface area contributed by atoms with Gasteiger partial charge in [0.25, 0.3) is 0 Å². The van der Waals surface area contributed by atoms with Crippen molar-refractivity contribution in [3.63, 3.8) is 0 Å². The standard InChI is InChI=1S/C29H29N3O3/c33-28(32-15-13-31(14-16-32)19-21-7-2-1-3-8-21)17-24(23-10-6-12-27-29(23)35-20-34-27)25-18-30-26-11-5-4-9-22(25)26/h1-12,18,24,30H,13-17,19-20H2. The van der Waals surface area contributed by atoms with E-state index in [1.54, 1.807) is 0 Å². The Morgan fingerprint density at radius 2 is 1.66 bits per heavy atom. The molecule has 4 aromatic rings. The number of nitrogens with zero attached hydrogens (tertiary/aromatic N) is 2. The van der Waals surface area contributed by atoms with Gasteiger partial charge in [-0.15, -0.1) is 0 Å². The summed E-state index contributed by atoms with van der Waals surface area (Å²) in [7, 11) is 0. The molecule has 0 bridgehead atoms. The number of aromatic nitrogens is 1. The van der Waals surface area contributed by atoms with Crippen molar-refractivity contribution in [3.8, 4) is 11.5 Å². The molecule has 0 aliphatic carbocycles. The summed E-state index contributed by atoms with van der Waals surface area (Å²) >= 11 is 0. The number of H-pyrrole nitrogens is 1. The van der Waals surface area contributed by atoms with Crippen LogP contribution >= 0.6 is 0 Å². The highest BCUT2D eigenvalue weighted by Crippen LogP contribution is 2.44. The molecule has 6 nitrogen and oxygen atoms in total. The van der Waals surface area contributed by atoms with E-state index >= 15 is 0 Å². The number of aromatic amines is 1. The van der Waals surface area contributed by atoms with E-state index in [1.807, 2.05) is 41.4 Å². The van der Waals surface area contributed by atoms with Gasteiger partial charge in [0.1, 0.15) is 0 Å². The van der Waals surface area contributed by atoms with Gasteiger partial charge in [-0.05, 0) is 23.3 Å². The number of nitrogens with one attached hydrogen (secondary N) is 1. The van der Waals surface area contributed by atoms with Crippen molar-refractivity contribution < 1.29 is 14.3 Å². The SMILES string of the molecule is O=C(CC(c1cccc2c1OCO2)c1c[nH]c2ccccc12)N1CCN(Cc2ccccc2)CC1. The second-order valence-corrected chi connectivity index (χ2v) is 9.27. The van der Waals surface area contributed by atoms with Gasteiger partial charge < -0.3 is 19.4 Å². The molecule has 3 heterocycles. The van der Waals surface area contributed by atoms with Crippen LogP contribution in [0.15, 0.2) is 79.0 Å². The topological polar surface area (TPSA) is 57.8 Å². The summed E-state index contributed by atoms with van der Waals surface area (Å²) in [5.74, 6) is 1.55. The lowest BCUT2D eigenvalue weighted by Gasteiger charge is -2.35. The summed E-state index contributed by atoms with van der Waals surface area (Å²) in [5.41, 5.74) is 4.49. The maximum atomic E-state index is 13.6. The number of fused-ring (bicyclic) bond motifs is 2. The van der Waals surface area contributed by atoms with Gasteiger partial charge in [-0.25, -0.2) is 0 Å². The Balaban J connectivity index is 1.23. The van der Waals surface area contributed by atoms with Crippen LogP contribution < -0.4 is 9.47 Å². The number of hydrogen-bond donors (Lipinski definition) is 1. The highest BCUT2D eigenvalue weighted by Gasteiger charge is 2.30. The molecule has 0 saturated carbocycles. The van der Waals surface area contributed by atoms with Crippen molar-refractivity contribution >= 4 is 16.8 Å². The first-order valence-electron chi connectivity index (χ1n) is 12.2. The van der Waals surface area contributed by atoms with Gasteiger partial charge in [-0.2, -0.15) is 0 Å². The van der Waals surface area contributed by atoms with E-state index in [1.165, 1.54) is 5.56 Å². The van der Waals surface area contributed by atoms with Crippen LogP contribution in [0.25, 0.3) is 10.9 Å². The monoisotopic (exact) mass is 467 g/mol. The summed E-state index contributed by atoms with van der Waals surface area (Å²) in [4.78, 5) is 21.4. The van der Waals surface area contributed by atoms with Gasteiger partial charge in [0.2, 0.25) is 12.7 Å². The molecule has 1 N–H and O–H groups in total. The second-order valence-electron chi connectivity index (χ2n) is 9.27. The van der Waals surface area contributed by atoms with E-state index in [9.17, 15) is 4.79 Å². The lowest BCUT2D eigenvalue weighted by Crippen LogP contribution is -2.48. The Kier molecular flexibility index (Phi) is 5.88. The highest BCUT2D eigenvalue weighted by molar-refractivity contribution is 5.86. The number of piperazine rings is 1. The van der Waals surface area contributed by atoms with Crippen molar-refractivity contribution in [2.75, 3.05) is 33.0 Å². The van der Waals surface area contributed by atoms with Gasteiger partial charge in [0.05, 0.1) is 0 Å². The first-order valence-corrected chi connectivity index (χ1v) is 12.2. The van der Waals surface area contributed by atoms with Crippen LogP contribution in [-0.2, 0) is 11.3 Å². The number of amides is 1. The van der Waals surface area contributed by atoms with Crippen molar-refractivity contribution in [1.82, 2.24) is 14.8 Å². The van der Waals surface area contributed by atoms with Crippen LogP contribution in [0.4, 0.5) is 0 Å². The third-order valence-corrected chi connectivity index (χ3v) is 7.15. The number of benzene rings is 3. The Hall–Kier alpha value is -3.77. The van der Waals surface area contributed by atoms with E-state index < -0.39 is 0 Å². The fourth-order valence-electron chi connectivity index (χ4n) is 5.30. The van der Waals surface area contributed by atoms with Crippen LogP contribution in [0.3, 0.4) is 0 Å². The van der Waals surface area contributed by atoms with Crippen molar-refractivity contribution in [1.29, 1.82) is 0 Å². The van der Waals surface area contributed by atoms with Crippen molar-refractivity contribution in [2.24, 2.45) is 0 Å². The Morgan fingerprint density at radius 1 is 0.857 bits per heavy atom. The molecule has 0 spiro atoms. The molecule has 1 saturated heterocycles. The Labute approximate surface area is 205 Å². The Bertz CT molecular complexity index is 1330. The Morgan fingerprint density at radius 3 is 2.51 bits per heavy atom. The lowest BCUT2D eigenvalue weighted by atomic mass is 9.87. The molecule has 2 aliphatic rings. The van der Waals surface area contributed by atoms with Crippen LogP contribution in [0, 0.1) is 0 Å². The number of ether oxygens (including phenoxy) is 2. The highest BCUT2D eigenvalue weighted by atomic mass is 16.7. The van der Waals surface area contributed by atoms with Crippen LogP contribution in [0.1, 0.15) is 29.0 Å². The fraction of sp³-hybridized carbons (Fsp3) is 0.276. The predicted molar refractivity (Wildman–Crippen MR) is 136 cm³/mol. The molecular formula is C29H29N3O3. The van der Waals surface area contributed by atoms with Crippen molar-refractivity contribution in [2.45, 2.75) is 18.9 Å². The molecule has 1 fully saturated rings. The van der Waals surface area contributed by atoms with Crippen LogP contribution in [-0.4, -0.2) is 53.7 Å². The average molecular weight is 468 g/mol. The number of para-hydroxylation sites is 2. The minimum atomic E-state index is -0.127. The average Bonchev–Trinajstić information content (AvgIpc) is 3.56. The third kappa shape index (κ3) is 4.37. The number of carbonyl (C=O) groups excluding carboxylic acids is 1. The normalized spacial score (nSPS) is 16.5. The maximum Gasteiger partial charge on any atom is 0.231 e. The lowest BCUT2D eigenvalue weighted by molar-refractivity contribution is -0.133. The van der Waals surface area contributed by atoms with E-state index in [4.69, 9.17) is 9.47 Å². The molecule has 3 aromatic carbocycles. The first kappa shape index (κ1) is 21.7. The molecule has 35 heavy (non-hydrogen) atoms. The van der Waals surface area contributed by atoms with Gasteiger partial charge in [0, 0.05) is 67.7 Å². The van der Waals surface area contributed by atoms with E-state index in [-0.39, 0.29) is 18.6 Å². The number of rotatable bonds is 6. The molecule has 178 valence electrons. The molecule has 1 atom stereocenters. The fourth-order valence-corrected chi connectivity index (χ4v) is 5.30. The molecule has 1 unspecified atom stereocenters. The van der Waals surface area contributed by atoms with Gasteiger partial charge >= 0.3 is 0 Å². The third-order valence-electron chi connectivity index (χ3n) is 7.15. The zero-order valence-electron chi connectivity index (χ0n) is 19.7. The molecule has 0 radical (unpaired) electrons. The van der Waals surface area contributed by atoms with E-state index in [2.05, 4.69) is 52.3 Å². The first-order chi connectivity index (χ1) is 17.3. The molecule has 1 amide bonds. The smallest absolute Gasteiger partial charge is 0.231 e. The zero-order valence-corrected chi connectivity index (χ0v) is 19.7. The quantitative estimate of drug-likeness (QED) is 0.444. The molecule has 6 heteroatoms. The molecule has 1 aromatic heterocycles. The number of carbonyl (C=O) groups is 1. The summed E-state index contributed by atoms with van der Waals surface area (Å²) in [6.07, 6.45) is 2.43. The summed E-state index contributed by atoms with van der Waals surface area (Å²) < 4.78 is 11.5. The second kappa shape index (κ2) is 9.47. The summed E-state index contributed by atoms with van der Waals surface area (Å²) in [5, 5.41) is 1.13. The number of hydrogen-bond acceptors (Lipinski definition) is 4. The van der Waals surface area contributed by atoms with Gasteiger partial charge in [-0.1, -0.05) is 60.7 Å². The van der Waals surface area contributed by atoms with E-state index in [0.717, 1.165) is 66.3 Å². The zero-order chi connectivity index (χ0) is 23.6. The van der Waals surface area contributed by atoms with Crippen LogP contribution in [0.5, 0.6) is 11.5 Å². The maximum absolute atomic E-state index is 13.6. The van der Waals surface area contributed by atoms with Crippen molar-refractivity contribution in [3.05, 3.63) is 95.7 Å². The molecule has 6 rings (SSSR count). The minimum Gasteiger partial charge on any atom is -0.454 e.